The smallest absolute Gasteiger partial charge is 0.159 e. The highest BCUT2D eigenvalue weighted by atomic mass is 79.9. The molecule has 3 rings (SSSR count). The number of hydrogen-bond donors (Lipinski definition) is 0. The first-order chi connectivity index (χ1) is 17.8. The summed E-state index contributed by atoms with van der Waals surface area (Å²) in [5.74, 6) is 1.56. The van der Waals surface area contributed by atoms with Crippen molar-refractivity contribution in [2.24, 2.45) is 5.92 Å². The molecule has 1 atom stereocenters. The quantitative estimate of drug-likeness (QED) is 0.139. The second-order valence-corrected chi connectivity index (χ2v) is 11.0. The first-order valence-electron chi connectivity index (χ1n) is 13.4. The van der Waals surface area contributed by atoms with E-state index in [-0.39, 0.29) is 11.6 Å². The average Bonchev–Trinajstić information content (AvgIpc) is 3.04. The normalized spacial score (nSPS) is 14.3. The number of Topliss-reactive ketones (excluding diaryl/α,β-unsaturated/α-hetero) is 1. The average molecular weight is 564 g/mol. The number of halogens is 1. The summed E-state index contributed by atoms with van der Waals surface area (Å²) in [5, 5.41) is 0. The SMILES string of the molecule is C=C(CC/C=C/C(C)=O)CC[C@@H](CC)COc1ccc(C2=C(Br)CCCc3cc(C(C)=O)ccc32)cc1. The number of ether oxygens (including phenoxy) is 1. The summed E-state index contributed by atoms with van der Waals surface area (Å²) in [5.41, 5.74) is 6.80. The number of benzene rings is 2. The minimum Gasteiger partial charge on any atom is -0.493 e. The molecule has 1 aliphatic rings. The zero-order valence-corrected chi connectivity index (χ0v) is 24.0. The number of aryl methyl sites for hydroxylation is 1. The predicted molar refractivity (Wildman–Crippen MR) is 157 cm³/mol. The number of ketones is 2. The Kier molecular flexibility index (Phi) is 11.1. The van der Waals surface area contributed by atoms with Crippen molar-refractivity contribution in [2.75, 3.05) is 6.61 Å². The van der Waals surface area contributed by atoms with Crippen LogP contribution in [0.4, 0.5) is 0 Å². The zero-order chi connectivity index (χ0) is 26.8. The Morgan fingerprint density at radius 3 is 2.51 bits per heavy atom. The van der Waals surface area contributed by atoms with Gasteiger partial charge in [-0.2, -0.15) is 0 Å². The third-order valence-electron chi connectivity index (χ3n) is 7.02. The van der Waals surface area contributed by atoms with E-state index in [4.69, 9.17) is 4.74 Å². The van der Waals surface area contributed by atoms with Crippen molar-refractivity contribution < 1.29 is 14.3 Å². The van der Waals surface area contributed by atoms with Crippen LogP contribution in [0, 0.1) is 5.92 Å². The van der Waals surface area contributed by atoms with E-state index in [0.29, 0.717) is 12.5 Å². The van der Waals surface area contributed by atoms with Crippen molar-refractivity contribution in [2.45, 2.75) is 72.1 Å². The minimum atomic E-state index is 0.0912. The Bertz CT molecular complexity index is 1170. The Hall–Kier alpha value is -2.72. The van der Waals surface area contributed by atoms with E-state index in [0.717, 1.165) is 68.2 Å². The molecule has 0 bridgehead atoms. The van der Waals surface area contributed by atoms with Gasteiger partial charge in [0.15, 0.2) is 11.6 Å². The molecule has 0 fully saturated rings. The van der Waals surface area contributed by atoms with E-state index in [1.54, 1.807) is 19.9 Å². The van der Waals surface area contributed by atoms with Crippen molar-refractivity contribution >= 4 is 33.1 Å². The van der Waals surface area contributed by atoms with Gasteiger partial charge in [0.1, 0.15) is 5.75 Å². The molecule has 0 aliphatic heterocycles. The summed E-state index contributed by atoms with van der Waals surface area (Å²) in [7, 11) is 0. The van der Waals surface area contributed by atoms with Crippen molar-refractivity contribution in [1.29, 1.82) is 0 Å². The molecule has 0 unspecified atom stereocenters. The van der Waals surface area contributed by atoms with Crippen LogP contribution >= 0.6 is 15.9 Å². The van der Waals surface area contributed by atoms with Crippen LogP contribution in [0.2, 0.25) is 0 Å². The number of allylic oxidation sites excluding steroid dienone is 4. The number of hydrogen-bond acceptors (Lipinski definition) is 3. The molecule has 2 aromatic rings. The van der Waals surface area contributed by atoms with Crippen LogP contribution in [0.5, 0.6) is 5.75 Å². The van der Waals surface area contributed by atoms with E-state index < -0.39 is 0 Å². The summed E-state index contributed by atoms with van der Waals surface area (Å²) in [6, 6.07) is 14.5. The lowest BCUT2D eigenvalue weighted by Gasteiger charge is -2.17. The maximum Gasteiger partial charge on any atom is 0.159 e. The standard InChI is InChI=1S/C33H39BrO3/c1-5-26(14-13-23(2)9-6-7-10-24(3)35)22-37-30-18-15-27(16-19-30)33-31-20-17-28(25(4)36)21-29(31)11-8-12-32(33)34/h7,10,15-21,26H,2,5-6,8-9,11-14,22H2,1,3-4H3/b10-7+/t26-/m1/s1. The molecular weight excluding hydrogens is 524 g/mol. The largest absolute Gasteiger partial charge is 0.493 e. The monoisotopic (exact) mass is 562 g/mol. The van der Waals surface area contributed by atoms with E-state index in [9.17, 15) is 9.59 Å². The Morgan fingerprint density at radius 1 is 1.08 bits per heavy atom. The first kappa shape index (κ1) is 28.8. The van der Waals surface area contributed by atoms with Gasteiger partial charge in [0.25, 0.3) is 0 Å². The van der Waals surface area contributed by atoms with E-state index >= 15 is 0 Å². The molecule has 1 aliphatic carbocycles. The topological polar surface area (TPSA) is 43.4 Å². The first-order valence-corrected chi connectivity index (χ1v) is 14.2. The molecule has 2 aromatic carbocycles. The van der Waals surface area contributed by atoms with Crippen LogP contribution in [0.15, 0.2) is 71.3 Å². The fourth-order valence-electron chi connectivity index (χ4n) is 4.69. The van der Waals surface area contributed by atoms with Gasteiger partial charge in [0.05, 0.1) is 6.61 Å². The molecule has 0 amide bonds. The minimum absolute atomic E-state index is 0.0912. The Balaban J connectivity index is 1.60. The molecule has 0 aromatic heterocycles. The van der Waals surface area contributed by atoms with Crippen LogP contribution < -0.4 is 4.74 Å². The van der Waals surface area contributed by atoms with Crippen molar-refractivity contribution in [3.05, 3.63) is 93.5 Å². The molecule has 0 radical (unpaired) electrons. The fourth-order valence-corrected chi connectivity index (χ4v) is 5.41. The van der Waals surface area contributed by atoms with Gasteiger partial charge in [-0.25, -0.2) is 0 Å². The summed E-state index contributed by atoms with van der Waals surface area (Å²) >= 11 is 3.85. The van der Waals surface area contributed by atoms with Crippen LogP contribution in [0.3, 0.4) is 0 Å². The fraction of sp³-hybridized carbons (Fsp3) is 0.394. The van der Waals surface area contributed by atoms with Crippen LogP contribution in [0.1, 0.15) is 92.8 Å². The summed E-state index contributed by atoms with van der Waals surface area (Å²) in [4.78, 5) is 22.9. The number of rotatable bonds is 13. The summed E-state index contributed by atoms with van der Waals surface area (Å²) in [6.45, 7) is 10.3. The number of fused-ring (bicyclic) bond motifs is 1. The highest BCUT2D eigenvalue weighted by molar-refractivity contribution is 9.11. The van der Waals surface area contributed by atoms with Crippen molar-refractivity contribution in [3.63, 3.8) is 0 Å². The van der Waals surface area contributed by atoms with Gasteiger partial charge in [-0.05, 0) is 111 Å². The lowest BCUT2D eigenvalue weighted by Crippen LogP contribution is -2.11. The van der Waals surface area contributed by atoms with Crippen LogP contribution in [0.25, 0.3) is 5.57 Å². The second kappa shape index (κ2) is 14.3. The van der Waals surface area contributed by atoms with Crippen LogP contribution in [-0.4, -0.2) is 18.2 Å². The van der Waals surface area contributed by atoms with Crippen molar-refractivity contribution in [3.8, 4) is 5.75 Å². The third kappa shape index (κ3) is 8.67. The number of carbonyl (C=O) groups is 2. The van der Waals surface area contributed by atoms with Gasteiger partial charge < -0.3 is 4.74 Å². The second-order valence-electron chi connectivity index (χ2n) is 10.0. The number of carbonyl (C=O) groups excluding carboxylic acids is 2. The zero-order valence-electron chi connectivity index (χ0n) is 22.4. The molecule has 37 heavy (non-hydrogen) atoms. The van der Waals surface area contributed by atoms with Gasteiger partial charge in [-0.3, -0.25) is 9.59 Å². The molecule has 0 spiro atoms. The van der Waals surface area contributed by atoms with E-state index in [1.807, 2.05) is 12.1 Å². The Morgan fingerprint density at radius 2 is 1.84 bits per heavy atom. The van der Waals surface area contributed by atoms with Crippen LogP contribution in [-0.2, 0) is 11.2 Å². The van der Waals surface area contributed by atoms with Gasteiger partial charge in [0, 0.05) is 10.0 Å². The molecule has 4 heteroatoms. The predicted octanol–water partition coefficient (Wildman–Crippen LogP) is 9.05. The van der Waals surface area contributed by atoms with Gasteiger partial charge in [0.2, 0.25) is 0 Å². The van der Waals surface area contributed by atoms with E-state index in [2.05, 4.69) is 65.8 Å². The van der Waals surface area contributed by atoms with E-state index in [1.165, 1.54) is 26.8 Å². The van der Waals surface area contributed by atoms with Gasteiger partial charge in [-0.15, -0.1) is 0 Å². The maximum absolute atomic E-state index is 11.9. The van der Waals surface area contributed by atoms with Crippen molar-refractivity contribution in [1.82, 2.24) is 0 Å². The maximum atomic E-state index is 11.9. The Labute approximate surface area is 230 Å². The highest BCUT2D eigenvalue weighted by Gasteiger charge is 2.19. The molecule has 196 valence electrons. The molecular formula is C33H39BrO3. The third-order valence-corrected chi connectivity index (χ3v) is 7.82. The van der Waals surface area contributed by atoms with Gasteiger partial charge in [-0.1, -0.05) is 71.8 Å². The molecule has 0 saturated heterocycles. The van der Waals surface area contributed by atoms with Gasteiger partial charge >= 0.3 is 0 Å². The lowest BCUT2D eigenvalue weighted by atomic mass is 9.92. The summed E-state index contributed by atoms with van der Waals surface area (Å²) < 4.78 is 7.39. The highest BCUT2D eigenvalue weighted by Crippen LogP contribution is 2.38. The molecule has 0 N–H and O–H groups in total. The molecule has 0 heterocycles. The molecule has 0 saturated carbocycles. The lowest BCUT2D eigenvalue weighted by molar-refractivity contribution is -0.112. The molecule has 3 nitrogen and oxygen atoms in total. The summed E-state index contributed by atoms with van der Waals surface area (Å²) in [6.07, 6.45) is 11.5.